The third kappa shape index (κ3) is 1.87. The second-order valence-electron chi connectivity index (χ2n) is 4.25. The van der Waals surface area contributed by atoms with Crippen LogP contribution < -0.4 is 5.73 Å². The molecule has 0 spiro atoms. The molecule has 2 rings (SSSR count). The molecule has 3 nitrogen and oxygen atoms in total. The van der Waals surface area contributed by atoms with E-state index < -0.39 is 9.84 Å². The molecule has 1 fully saturated rings. The van der Waals surface area contributed by atoms with Crippen molar-refractivity contribution in [3.05, 3.63) is 35.9 Å². The maximum Gasteiger partial charge on any atom is 0.153 e. The van der Waals surface area contributed by atoms with Crippen LogP contribution in [0.1, 0.15) is 18.4 Å². The molecule has 16 heavy (non-hydrogen) atoms. The lowest BCUT2D eigenvalue weighted by Crippen LogP contribution is -2.15. The van der Waals surface area contributed by atoms with Crippen molar-refractivity contribution >= 4 is 9.84 Å². The lowest BCUT2D eigenvalue weighted by molar-refractivity contribution is 0.593. The maximum absolute atomic E-state index is 11.9. The average Bonchev–Trinajstić information content (AvgIpc) is 3.05. The first-order valence-corrected chi connectivity index (χ1v) is 7.30. The van der Waals surface area contributed by atoms with E-state index in [0.717, 1.165) is 5.56 Å². The number of rotatable bonds is 4. The maximum atomic E-state index is 11.9. The van der Waals surface area contributed by atoms with Crippen LogP contribution in [-0.2, 0) is 9.84 Å². The number of hydrogen-bond donors (Lipinski definition) is 1. The van der Waals surface area contributed by atoms with Gasteiger partial charge >= 0.3 is 0 Å². The van der Waals surface area contributed by atoms with Crippen molar-refractivity contribution in [2.75, 3.05) is 12.3 Å². The van der Waals surface area contributed by atoms with E-state index in [1.165, 1.54) is 0 Å². The summed E-state index contributed by atoms with van der Waals surface area (Å²) in [4.78, 5) is 0. The van der Waals surface area contributed by atoms with Crippen LogP contribution in [0.5, 0.6) is 0 Å². The summed E-state index contributed by atoms with van der Waals surface area (Å²) in [5, 5.41) is -0.259. The lowest BCUT2D eigenvalue weighted by atomic mass is 10.1. The Labute approximate surface area is 96.6 Å². The first kappa shape index (κ1) is 11.6. The quantitative estimate of drug-likeness (QED) is 0.857. The van der Waals surface area contributed by atoms with Crippen LogP contribution in [0, 0.1) is 5.92 Å². The van der Waals surface area contributed by atoms with E-state index in [2.05, 4.69) is 0 Å². The van der Waals surface area contributed by atoms with E-state index in [1.54, 1.807) is 6.92 Å². The Morgan fingerprint density at radius 2 is 1.88 bits per heavy atom. The van der Waals surface area contributed by atoms with Crippen LogP contribution >= 0.6 is 0 Å². The lowest BCUT2D eigenvalue weighted by Gasteiger charge is -2.00. The van der Waals surface area contributed by atoms with Gasteiger partial charge in [-0.15, -0.1) is 0 Å². The highest BCUT2D eigenvalue weighted by Gasteiger charge is 2.56. The second kappa shape index (κ2) is 4.18. The smallest absolute Gasteiger partial charge is 0.153 e. The van der Waals surface area contributed by atoms with Gasteiger partial charge < -0.3 is 5.73 Å². The predicted octanol–water partition coefficient (Wildman–Crippen LogP) is 1.16. The van der Waals surface area contributed by atoms with Gasteiger partial charge in [0.25, 0.3) is 0 Å². The summed E-state index contributed by atoms with van der Waals surface area (Å²) in [5.41, 5.74) is 6.74. The van der Waals surface area contributed by atoms with Crippen LogP contribution in [0.25, 0.3) is 0 Å². The zero-order valence-corrected chi connectivity index (χ0v) is 10.2. The Kier molecular flexibility index (Phi) is 3.04. The number of benzene rings is 1. The summed E-state index contributed by atoms with van der Waals surface area (Å²) in [5.74, 6) is 0.417. The van der Waals surface area contributed by atoms with Gasteiger partial charge in [0, 0.05) is 11.7 Å². The zero-order chi connectivity index (χ0) is 11.8. The Morgan fingerprint density at radius 3 is 2.38 bits per heavy atom. The molecular weight excluding hydrogens is 222 g/mol. The second-order valence-corrected chi connectivity index (χ2v) is 6.70. The van der Waals surface area contributed by atoms with Crippen LogP contribution in [0.3, 0.4) is 0 Å². The third-order valence-corrected chi connectivity index (χ3v) is 5.65. The minimum absolute atomic E-state index is 0.104. The predicted molar refractivity (Wildman–Crippen MR) is 65.0 cm³/mol. The van der Waals surface area contributed by atoms with Gasteiger partial charge in [-0.3, -0.25) is 0 Å². The van der Waals surface area contributed by atoms with Crippen molar-refractivity contribution < 1.29 is 8.42 Å². The van der Waals surface area contributed by atoms with E-state index in [1.807, 2.05) is 30.3 Å². The van der Waals surface area contributed by atoms with Gasteiger partial charge in [0.15, 0.2) is 9.84 Å². The van der Waals surface area contributed by atoms with Gasteiger partial charge in [0.1, 0.15) is 0 Å². The van der Waals surface area contributed by atoms with Crippen molar-refractivity contribution in [3.63, 3.8) is 0 Å². The Morgan fingerprint density at radius 1 is 1.25 bits per heavy atom. The molecule has 2 N–H and O–H groups in total. The van der Waals surface area contributed by atoms with Crippen LogP contribution in [0.4, 0.5) is 0 Å². The molecule has 0 aromatic heterocycles. The molecule has 0 amide bonds. The van der Waals surface area contributed by atoms with E-state index in [0.29, 0.717) is 6.54 Å². The van der Waals surface area contributed by atoms with Gasteiger partial charge in [-0.05, 0) is 18.0 Å². The molecular formula is C12H17NO2S. The average molecular weight is 239 g/mol. The zero-order valence-electron chi connectivity index (χ0n) is 9.34. The van der Waals surface area contributed by atoms with E-state index in [-0.39, 0.29) is 22.8 Å². The van der Waals surface area contributed by atoms with Crippen LogP contribution in [0.15, 0.2) is 30.3 Å². The molecule has 4 heteroatoms. The summed E-state index contributed by atoms with van der Waals surface area (Å²) in [6.07, 6.45) is 0. The summed E-state index contributed by atoms with van der Waals surface area (Å²) >= 11 is 0. The normalized spacial score (nSPS) is 29.0. The van der Waals surface area contributed by atoms with Crippen LogP contribution in [0.2, 0.25) is 0 Å². The summed E-state index contributed by atoms with van der Waals surface area (Å²) < 4.78 is 23.7. The molecule has 3 atom stereocenters. The SMILES string of the molecule is CCS(=O)(=O)[C@@H]1[C@H](CN)[C@H]1c1ccccc1. The standard InChI is InChI=1S/C12H17NO2S/c1-2-16(14,15)12-10(8-13)11(12)9-6-4-3-5-7-9/h3-7,10-12H,2,8,13H2,1H3/t10-,11-,12-/m1/s1. The third-order valence-electron chi connectivity index (χ3n) is 3.37. The van der Waals surface area contributed by atoms with Gasteiger partial charge in [-0.1, -0.05) is 37.3 Å². The van der Waals surface area contributed by atoms with Crippen molar-refractivity contribution in [1.82, 2.24) is 0 Å². The molecule has 0 bridgehead atoms. The summed E-state index contributed by atoms with van der Waals surface area (Å²) in [6, 6.07) is 9.79. The van der Waals surface area contributed by atoms with Crippen LogP contribution in [-0.4, -0.2) is 26.0 Å². The van der Waals surface area contributed by atoms with E-state index in [4.69, 9.17) is 5.73 Å². The van der Waals surface area contributed by atoms with Gasteiger partial charge in [0.05, 0.1) is 5.25 Å². The molecule has 88 valence electrons. The highest BCUT2D eigenvalue weighted by Crippen LogP contribution is 2.51. The van der Waals surface area contributed by atoms with Crippen molar-refractivity contribution in [3.8, 4) is 0 Å². The fourth-order valence-corrected chi connectivity index (χ4v) is 4.33. The van der Waals surface area contributed by atoms with Gasteiger partial charge in [0.2, 0.25) is 0 Å². The molecule has 1 aliphatic rings. The Hall–Kier alpha value is -0.870. The molecule has 1 aliphatic carbocycles. The number of sulfone groups is 1. The molecule has 1 saturated carbocycles. The van der Waals surface area contributed by atoms with Crippen molar-refractivity contribution in [2.45, 2.75) is 18.1 Å². The van der Waals surface area contributed by atoms with E-state index in [9.17, 15) is 8.42 Å². The molecule has 0 radical (unpaired) electrons. The molecule has 0 unspecified atom stereocenters. The van der Waals surface area contributed by atoms with Crippen molar-refractivity contribution in [1.29, 1.82) is 0 Å². The highest BCUT2D eigenvalue weighted by molar-refractivity contribution is 7.92. The summed E-state index contributed by atoms with van der Waals surface area (Å²) in [7, 11) is -2.96. The molecule has 0 heterocycles. The first-order valence-electron chi connectivity index (χ1n) is 5.58. The van der Waals surface area contributed by atoms with E-state index >= 15 is 0 Å². The monoisotopic (exact) mass is 239 g/mol. The fourth-order valence-electron chi connectivity index (χ4n) is 2.42. The molecule has 0 aliphatic heterocycles. The highest BCUT2D eigenvalue weighted by atomic mass is 32.2. The Balaban J connectivity index is 2.26. The Bertz CT molecular complexity index is 455. The molecule has 0 saturated heterocycles. The van der Waals surface area contributed by atoms with Gasteiger partial charge in [-0.25, -0.2) is 8.42 Å². The number of nitrogens with two attached hydrogens (primary N) is 1. The number of hydrogen-bond acceptors (Lipinski definition) is 3. The van der Waals surface area contributed by atoms with Crippen molar-refractivity contribution in [2.24, 2.45) is 11.7 Å². The minimum atomic E-state index is -2.96. The minimum Gasteiger partial charge on any atom is -0.330 e. The summed E-state index contributed by atoms with van der Waals surface area (Å²) in [6.45, 7) is 2.15. The first-order chi connectivity index (χ1) is 7.61. The molecule has 1 aromatic carbocycles. The van der Waals surface area contributed by atoms with Gasteiger partial charge in [-0.2, -0.15) is 0 Å². The largest absolute Gasteiger partial charge is 0.330 e. The topological polar surface area (TPSA) is 60.2 Å². The molecule has 1 aromatic rings. The fraction of sp³-hybridized carbons (Fsp3) is 0.500.